The van der Waals surface area contributed by atoms with Crippen LogP contribution in [0.4, 0.5) is 0 Å². The van der Waals surface area contributed by atoms with Gasteiger partial charge in [0.05, 0.1) is 15.3 Å². The van der Waals surface area contributed by atoms with E-state index in [-0.39, 0.29) is 5.41 Å². The molecule has 1 fully saturated rings. The minimum Gasteiger partial charge on any atom is -0.297 e. The molecule has 0 spiro atoms. The van der Waals surface area contributed by atoms with Crippen LogP contribution < -0.4 is 0 Å². The molecule has 3 rings (SSSR count). The van der Waals surface area contributed by atoms with Crippen LogP contribution in [0.5, 0.6) is 0 Å². The summed E-state index contributed by atoms with van der Waals surface area (Å²) < 4.78 is 1.24. The van der Waals surface area contributed by atoms with Crippen LogP contribution in [0.2, 0.25) is 0 Å². The van der Waals surface area contributed by atoms with Crippen molar-refractivity contribution in [3.63, 3.8) is 0 Å². The fraction of sp³-hybridized carbons (Fsp3) is 0.583. The second-order valence-electron chi connectivity index (χ2n) is 4.85. The highest BCUT2D eigenvalue weighted by Gasteiger charge is 2.44. The van der Waals surface area contributed by atoms with E-state index in [0.29, 0.717) is 0 Å². The number of fused-ring (bicyclic) bond motifs is 1. The Kier molecular flexibility index (Phi) is 2.58. The van der Waals surface area contributed by atoms with Gasteiger partial charge in [0.25, 0.3) is 0 Å². The molecule has 2 aliphatic rings. The van der Waals surface area contributed by atoms with E-state index < -0.39 is 0 Å². The summed E-state index contributed by atoms with van der Waals surface area (Å²) in [5.41, 5.74) is 1.46. The Labute approximate surface area is 108 Å². The minimum absolute atomic E-state index is 0.00472. The summed E-state index contributed by atoms with van der Waals surface area (Å²) in [6, 6.07) is 4.71. The highest BCUT2D eigenvalue weighted by Crippen LogP contribution is 2.46. The Bertz CT molecular complexity index is 456. The lowest BCUT2D eigenvalue weighted by atomic mass is 10.1. The summed E-state index contributed by atoms with van der Waals surface area (Å²) in [7, 11) is 0. The predicted molar refractivity (Wildman–Crippen MR) is 68.3 cm³/mol. The van der Waals surface area contributed by atoms with E-state index in [9.17, 15) is 0 Å². The van der Waals surface area contributed by atoms with Gasteiger partial charge in [-0.25, -0.2) is 0 Å². The zero-order chi connectivity index (χ0) is 11.2. The first kappa shape index (κ1) is 10.8. The molecule has 16 heavy (non-hydrogen) atoms. The van der Waals surface area contributed by atoms with Crippen LogP contribution in [0.25, 0.3) is 0 Å². The monoisotopic (exact) mass is 296 g/mol. The molecule has 1 aliphatic carbocycles. The number of hydrogen-bond acceptors (Lipinski definition) is 3. The summed E-state index contributed by atoms with van der Waals surface area (Å²) in [5.74, 6) is 0. The van der Waals surface area contributed by atoms with Crippen molar-refractivity contribution in [2.24, 2.45) is 5.41 Å². The van der Waals surface area contributed by atoms with Gasteiger partial charge >= 0.3 is 0 Å². The fourth-order valence-electron chi connectivity index (χ4n) is 2.37. The fourth-order valence-corrected chi connectivity index (χ4v) is 4.12. The van der Waals surface area contributed by atoms with Crippen LogP contribution in [-0.4, -0.2) is 18.0 Å². The highest BCUT2D eigenvalue weighted by atomic mass is 79.9. The van der Waals surface area contributed by atoms with Gasteiger partial charge in [-0.05, 0) is 46.8 Å². The van der Waals surface area contributed by atoms with Crippen LogP contribution in [0, 0.1) is 16.7 Å². The molecule has 2 nitrogen and oxygen atoms in total. The van der Waals surface area contributed by atoms with E-state index >= 15 is 0 Å². The summed E-state index contributed by atoms with van der Waals surface area (Å²) in [5, 5.41) is 9.10. The predicted octanol–water partition coefficient (Wildman–Crippen LogP) is 3.17. The average Bonchev–Trinajstić information content (AvgIpc) is 2.93. The van der Waals surface area contributed by atoms with Gasteiger partial charge in [0.1, 0.15) is 0 Å². The SMILES string of the molecule is N#CC1(CN2CCc3sc(Br)cc3C2)CC1. The number of halogens is 1. The number of nitrogens with zero attached hydrogens (tertiary/aromatic N) is 2. The maximum atomic E-state index is 9.10. The smallest absolute Gasteiger partial charge is 0.0704 e. The normalized spacial score (nSPS) is 22.5. The third kappa shape index (κ3) is 1.92. The van der Waals surface area contributed by atoms with E-state index in [0.717, 1.165) is 38.9 Å². The standard InChI is InChI=1S/C12H13BrN2S/c13-11-5-9-6-15(4-1-10(9)16-11)8-12(7-14)2-3-12/h5H,1-4,6,8H2. The van der Waals surface area contributed by atoms with Crippen LogP contribution in [0.3, 0.4) is 0 Å². The van der Waals surface area contributed by atoms with Gasteiger partial charge in [0.15, 0.2) is 0 Å². The Morgan fingerprint density at radius 3 is 3.06 bits per heavy atom. The molecular formula is C12H13BrN2S. The van der Waals surface area contributed by atoms with Gasteiger partial charge in [-0.2, -0.15) is 5.26 Å². The molecule has 0 unspecified atom stereocenters. The van der Waals surface area contributed by atoms with Crippen LogP contribution in [0.15, 0.2) is 9.85 Å². The van der Waals surface area contributed by atoms with E-state index in [2.05, 4.69) is 33.0 Å². The van der Waals surface area contributed by atoms with Crippen LogP contribution in [0.1, 0.15) is 23.3 Å². The molecule has 4 heteroatoms. The zero-order valence-electron chi connectivity index (χ0n) is 9.00. The van der Waals surface area contributed by atoms with Crippen molar-refractivity contribution in [3.8, 4) is 6.07 Å². The minimum atomic E-state index is 0.00472. The molecule has 2 heterocycles. The first-order chi connectivity index (χ1) is 7.71. The lowest BCUT2D eigenvalue weighted by molar-refractivity contribution is 0.226. The molecule has 1 aromatic rings. The van der Waals surface area contributed by atoms with Gasteiger partial charge < -0.3 is 0 Å². The van der Waals surface area contributed by atoms with Crippen molar-refractivity contribution < 1.29 is 0 Å². The summed E-state index contributed by atoms with van der Waals surface area (Å²) in [6.45, 7) is 3.11. The second-order valence-corrected chi connectivity index (χ2v) is 7.37. The molecule has 0 aromatic carbocycles. The van der Waals surface area contributed by atoms with Gasteiger partial charge in [-0.3, -0.25) is 4.90 Å². The molecule has 0 N–H and O–H groups in total. The Balaban J connectivity index is 1.71. The zero-order valence-corrected chi connectivity index (χ0v) is 11.4. The Morgan fingerprint density at radius 2 is 2.38 bits per heavy atom. The average molecular weight is 297 g/mol. The van der Waals surface area contributed by atoms with Crippen molar-refractivity contribution in [1.82, 2.24) is 4.90 Å². The Hall–Kier alpha value is -0.370. The first-order valence-electron chi connectivity index (χ1n) is 5.61. The number of hydrogen-bond donors (Lipinski definition) is 0. The van der Waals surface area contributed by atoms with Gasteiger partial charge in [-0.15, -0.1) is 11.3 Å². The van der Waals surface area contributed by atoms with E-state index in [4.69, 9.17) is 5.26 Å². The van der Waals surface area contributed by atoms with Gasteiger partial charge in [0.2, 0.25) is 0 Å². The molecule has 1 saturated carbocycles. The van der Waals surface area contributed by atoms with E-state index in [1.165, 1.54) is 14.2 Å². The van der Waals surface area contributed by atoms with E-state index in [1.807, 2.05) is 11.3 Å². The molecule has 84 valence electrons. The number of thiophene rings is 1. The van der Waals surface area contributed by atoms with E-state index in [1.54, 1.807) is 0 Å². The second kappa shape index (κ2) is 3.83. The number of rotatable bonds is 2. The molecule has 0 bridgehead atoms. The molecule has 1 aliphatic heterocycles. The third-order valence-corrected chi connectivity index (χ3v) is 5.27. The summed E-state index contributed by atoms with van der Waals surface area (Å²) >= 11 is 5.40. The summed E-state index contributed by atoms with van der Waals surface area (Å²) in [6.07, 6.45) is 3.34. The quantitative estimate of drug-likeness (QED) is 0.838. The lowest BCUT2D eigenvalue weighted by Crippen LogP contribution is -2.34. The van der Waals surface area contributed by atoms with Crippen LogP contribution >= 0.6 is 27.3 Å². The van der Waals surface area contributed by atoms with Crippen molar-refractivity contribution in [1.29, 1.82) is 5.26 Å². The van der Waals surface area contributed by atoms with Crippen molar-refractivity contribution in [2.75, 3.05) is 13.1 Å². The summed E-state index contributed by atoms with van der Waals surface area (Å²) in [4.78, 5) is 3.96. The third-order valence-electron chi connectivity index (χ3n) is 3.53. The van der Waals surface area contributed by atoms with Crippen molar-refractivity contribution in [3.05, 3.63) is 20.3 Å². The molecule has 0 atom stereocenters. The molecule has 0 saturated heterocycles. The molecule has 0 radical (unpaired) electrons. The maximum Gasteiger partial charge on any atom is 0.0704 e. The molecule has 1 aromatic heterocycles. The van der Waals surface area contributed by atoms with Gasteiger partial charge in [0, 0.05) is 24.5 Å². The van der Waals surface area contributed by atoms with Crippen molar-refractivity contribution in [2.45, 2.75) is 25.8 Å². The first-order valence-corrected chi connectivity index (χ1v) is 7.22. The highest BCUT2D eigenvalue weighted by molar-refractivity contribution is 9.11. The van der Waals surface area contributed by atoms with Crippen LogP contribution in [-0.2, 0) is 13.0 Å². The Morgan fingerprint density at radius 1 is 1.56 bits per heavy atom. The topological polar surface area (TPSA) is 27.0 Å². The molecular weight excluding hydrogens is 284 g/mol. The number of nitriles is 1. The van der Waals surface area contributed by atoms with Crippen molar-refractivity contribution >= 4 is 27.3 Å². The largest absolute Gasteiger partial charge is 0.297 e. The van der Waals surface area contributed by atoms with Gasteiger partial charge in [-0.1, -0.05) is 0 Å². The maximum absolute atomic E-state index is 9.10. The lowest BCUT2D eigenvalue weighted by Gasteiger charge is -2.28. The molecule has 0 amide bonds.